The van der Waals surface area contributed by atoms with E-state index >= 15 is 0 Å². The van der Waals surface area contributed by atoms with Gasteiger partial charge in [-0.2, -0.15) is 0 Å². The van der Waals surface area contributed by atoms with Gasteiger partial charge in [0.25, 0.3) is 0 Å². The van der Waals surface area contributed by atoms with Crippen LogP contribution in [0.2, 0.25) is 0 Å². The maximum Gasteiger partial charge on any atom is 0.240 e. The Morgan fingerprint density at radius 3 is 2.65 bits per heavy atom. The molecular formula is C15H27N3O2. The van der Waals surface area contributed by atoms with Crippen molar-refractivity contribution in [1.29, 1.82) is 0 Å². The Morgan fingerprint density at radius 2 is 2.00 bits per heavy atom. The van der Waals surface area contributed by atoms with Crippen molar-refractivity contribution in [3.63, 3.8) is 0 Å². The van der Waals surface area contributed by atoms with Gasteiger partial charge in [-0.05, 0) is 38.1 Å². The summed E-state index contributed by atoms with van der Waals surface area (Å²) in [5, 5.41) is 3.32. The molecule has 2 unspecified atom stereocenters. The predicted octanol–water partition coefficient (Wildman–Crippen LogP) is 0.308. The van der Waals surface area contributed by atoms with Gasteiger partial charge in [-0.3, -0.25) is 9.69 Å². The lowest BCUT2D eigenvalue weighted by Gasteiger charge is -2.36. The number of ether oxygens (including phenoxy) is 1. The van der Waals surface area contributed by atoms with Gasteiger partial charge in [0.2, 0.25) is 5.91 Å². The largest absolute Gasteiger partial charge is 0.383 e. The Morgan fingerprint density at radius 1 is 1.25 bits per heavy atom. The quantitative estimate of drug-likeness (QED) is 0.788. The summed E-state index contributed by atoms with van der Waals surface area (Å²) >= 11 is 0. The monoisotopic (exact) mass is 281 g/mol. The molecular weight excluding hydrogens is 254 g/mol. The van der Waals surface area contributed by atoms with Crippen LogP contribution in [-0.2, 0) is 9.53 Å². The standard InChI is InChI=1S/C15H27N3O2/c1-20-11-14(12-4-5-12)18-8-2-3-13(18)15(19)17-9-6-16-7-10-17/h12-14,16H,2-11H2,1H3. The Kier molecular flexibility index (Phi) is 4.58. The summed E-state index contributed by atoms with van der Waals surface area (Å²) in [7, 11) is 1.78. The minimum atomic E-state index is 0.105. The van der Waals surface area contributed by atoms with Crippen LogP contribution in [0.4, 0.5) is 0 Å². The van der Waals surface area contributed by atoms with E-state index < -0.39 is 0 Å². The fourth-order valence-corrected chi connectivity index (χ4v) is 3.70. The number of piperazine rings is 1. The molecule has 1 N–H and O–H groups in total. The smallest absolute Gasteiger partial charge is 0.240 e. The van der Waals surface area contributed by atoms with E-state index in [1.54, 1.807) is 7.11 Å². The molecule has 0 spiro atoms. The number of rotatable bonds is 5. The summed E-state index contributed by atoms with van der Waals surface area (Å²) in [4.78, 5) is 17.3. The lowest BCUT2D eigenvalue weighted by atomic mass is 10.1. The average Bonchev–Trinajstić information content (AvgIpc) is 3.22. The molecule has 0 aromatic carbocycles. The average molecular weight is 281 g/mol. The molecule has 114 valence electrons. The number of nitrogens with zero attached hydrogens (tertiary/aromatic N) is 2. The van der Waals surface area contributed by atoms with Crippen LogP contribution in [0.15, 0.2) is 0 Å². The highest BCUT2D eigenvalue weighted by Gasteiger charge is 2.43. The molecule has 5 heteroatoms. The number of amides is 1. The molecule has 3 rings (SSSR count). The fraction of sp³-hybridized carbons (Fsp3) is 0.933. The Balaban J connectivity index is 1.65. The van der Waals surface area contributed by atoms with Crippen LogP contribution in [0.1, 0.15) is 25.7 Å². The molecule has 1 saturated carbocycles. The lowest BCUT2D eigenvalue weighted by molar-refractivity contribution is -0.137. The number of methoxy groups -OCH3 is 1. The Labute approximate surface area is 121 Å². The molecule has 2 heterocycles. The van der Waals surface area contributed by atoms with Crippen molar-refractivity contribution < 1.29 is 9.53 Å². The molecule has 0 aromatic rings. The number of carbonyl (C=O) groups excluding carboxylic acids is 1. The van der Waals surface area contributed by atoms with Crippen molar-refractivity contribution in [3.8, 4) is 0 Å². The third kappa shape index (κ3) is 3.00. The Bertz CT molecular complexity index is 340. The molecule has 20 heavy (non-hydrogen) atoms. The van der Waals surface area contributed by atoms with Crippen LogP contribution in [0.5, 0.6) is 0 Å². The van der Waals surface area contributed by atoms with Crippen molar-refractivity contribution in [2.24, 2.45) is 5.92 Å². The highest BCUT2D eigenvalue weighted by Crippen LogP contribution is 2.38. The van der Waals surface area contributed by atoms with E-state index in [1.165, 1.54) is 12.8 Å². The summed E-state index contributed by atoms with van der Waals surface area (Å²) in [6, 6.07) is 0.563. The first kappa shape index (κ1) is 14.3. The topological polar surface area (TPSA) is 44.8 Å². The van der Waals surface area contributed by atoms with Gasteiger partial charge in [0.15, 0.2) is 0 Å². The van der Waals surface area contributed by atoms with Crippen LogP contribution in [-0.4, -0.2) is 74.2 Å². The minimum absolute atomic E-state index is 0.105. The van der Waals surface area contributed by atoms with Crippen molar-refractivity contribution >= 4 is 5.91 Å². The highest BCUT2D eigenvalue weighted by atomic mass is 16.5. The van der Waals surface area contributed by atoms with E-state index in [-0.39, 0.29) is 6.04 Å². The third-order valence-corrected chi connectivity index (χ3v) is 4.94. The molecule has 1 amide bonds. The molecule has 0 bridgehead atoms. The van der Waals surface area contributed by atoms with Crippen LogP contribution in [0, 0.1) is 5.92 Å². The second-order valence-corrected chi connectivity index (χ2v) is 6.33. The van der Waals surface area contributed by atoms with Gasteiger partial charge in [-0.25, -0.2) is 0 Å². The molecule has 0 radical (unpaired) electrons. The van der Waals surface area contributed by atoms with E-state index in [0.717, 1.165) is 58.1 Å². The zero-order valence-corrected chi connectivity index (χ0v) is 12.5. The summed E-state index contributed by atoms with van der Waals surface area (Å²) < 4.78 is 5.41. The number of hydrogen-bond donors (Lipinski definition) is 1. The Hall–Kier alpha value is -0.650. The van der Waals surface area contributed by atoms with Gasteiger partial charge in [-0.1, -0.05) is 0 Å². The minimum Gasteiger partial charge on any atom is -0.383 e. The highest BCUT2D eigenvalue weighted by molar-refractivity contribution is 5.82. The number of carbonyl (C=O) groups is 1. The van der Waals surface area contributed by atoms with E-state index in [1.807, 2.05) is 0 Å². The fourth-order valence-electron chi connectivity index (χ4n) is 3.70. The van der Waals surface area contributed by atoms with E-state index in [0.29, 0.717) is 11.9 Å². The molecule has 2 aliphatic heterocycles. The van der Waals surface area contributed by atoms with Crippen LogP contribution < -0.4 is 5.32 Å². The van der Waals surface area contributed by atoms with Gasteiger partial charge >= 0.3 is 0 Å². The second kappa shape index (κ2) is 6.41. The maximum atomic E-state index is 12.8. The summed E-state index contributed by atoms with van der Waals surface area (Å²) in [6.45, 7) is 5.43. The normalized spacial score (nSPS) is 29.6. The third-order valence-electron chi connectivity index (χ3n) is 4.94. The van der Waals surface area contributed by atoms with Gasteiger partial charge in [-0.15, -0.1) is 0 Å². The second-order valence-electron chi connectivity index (χ2n) is 6.33. The van der Waals surface area contributed by atoms with E-state index in [4.69, 9.17) is 4.74 Å². The van der Waals surface area contributed by atoms with E-state index in [2.05, 4.69) is 15.1 Å². The summed E-state index contributed by atoms with van der Waals surface area (Å²) in [5.41, 5.74) is 0. The predicted molar refractivity (Wildman–Crippen MR) is 77.6 cm³/mol. The first-order chi connectivity index (χ1) is 9.81. The molecule has 2 saturated heterocycles. The van der Waals surface area contributed by atoms with E-state index in [9.17, 15) is 4.79 Å². The first-order valence-corrected chi connectivity index (χ1v) is 8.05. The van der Waals surface area contributed by atoms with Crippen molar-refractivity contribution in [2.75, 3.05) is 46.4 Å². The molecule has 2 atom stereocenters. The van der Waals surface area contributed by atoms with Gasteiger partial charge < -0.3 is 15.0 Å². The number of nitrogens with one attached hydrogen (secondary N) is 1. The molecule has 3 fully saturated rings. The zero-order valence-electron chi connectivity index (χ0n) is 12.5. The van der Waals surface area contributed by atoms with Crippen molar-refractivity contribution in [2.45, 2.75) is 37.8 Å². The molecule has 3 aliphatic rings. The molecule has 1 aliphatic carbocycles. The molecule has 0 aromatic heterocycles. The lowest BCUT2D eigenvalue weighted by Crippen LogP contribution is -2.55. The van der Waals surface area contributed by atoms with Crippen LogP contribution in [0.3, 0.4) is 0 Å². The summed E-state index contributed by atoms with van der Waals surface area (Å²) in [6.07, 6.45) is 4.78. The van der Waals surface area contributed by atoms with Crippen LogP contribution >= 0.6 is 0 Å². The SMILES string of the molecule is COCC(C1CC1)N1CCCC1C(=O)N1CCNCC1. The van der Waals surface area contributed by atoms with Crippen LogP contribution in [0.25, 0.3) is 0 Å². The van der Waals surface area contributed by atoms with Gasteiger partial charge in [0.1, 0.15) is 0 Å². The number of likely N-dealkylation sites (tertiary alicyclic amines) is 1. The van der Waals surface area contributed by atoms with Gasteiger partial charge in [0.05, 0.1) is 12.6 Å². The molecule has 5 nitrogen and oxygen atoms in total. The zero-order chi connectivity index (χ0) is 13.9. The number of hydrogen-bond acceptors (Lipinski definition) is 4. The van der Waals surface area contributed by atoms with Gasteiger partial charge in [0, 0.05) is 39.3 Å². The van der Waals surface area contributed by atoms with Crippen molar-refractivity contribution in [3.05, 3.63) is 0 Å². The maximum absolute atomic E-state index is 12.8. The summed E-state index contributed by atoms with van der Waals surface area (Å²) in [5.74, 6) is 1.11. The van der Waals surface area contributed by atoms with Crippen molar-refractivity contribution in [1.82, 2.24) is 15.1 Å². The first-order valence-electron chi connectivity index (χ1n) is 8.05.